The van der Waals surface area contributed by atoms with Crippen LogP contribution in [0.15, 0.2) is 16.6 Å². The first-order valence-electron chi connectivity index (χ1n) is 5.27. The smallest absolute Gasteiger partial charge is 0.339 e. The summed E-state index contributed by atoms with van der Waals surface area (Å²) in [5.41, 5.74) is 0.602. The third-order valence-electron chi connectivity index (χ3n) is 2.67. The van der Waals surface area contributed by atoms with E-state index in [4.69, 9.17) is 4.74 Å². The fourth-order valence-electron chi connectivity index (χ4n) is 2.09. The molecule has 1 aliphatic heterocycles. The summed E-state index contributed by atoms with van der Waals surface area (Å²) in [5.74, 6) is -0.534. The second kappa shape index (κ2) is 3.91. The summed E-state index contributed by atoms with van der Waals surface area (Å²) in [7, 11) is 1.93. The van der Waals surface area contributed by atoms with E-state index < -0.39 is 5.97 Å². The second-order valence-corrected chi connectivity index (χ2v) is 5.74. The van der Waals surface area contributed by atoms with Gasteiger partial charge >= 0.3 is 5.97 Å². The lowest BCUT2D eigenvalue weighted by Gasteiger charge is -2.39. The van der Waals surface area contributed by atoms with Crippen molar-refractivity contribution in [1.29, 1.82) is 0 Å². The lowest BCUT2D eigenvalue weighted by Crippen LogP contribution is -2.45. The highest BCUT2D eigenvalue weighted by atomic mass is 79.9. The predicted octanol–water partition coefficient (Wildman–Crippen LogP) is 2.75. The summed E-state index contributed by atoms with van der Waals surface area (Å²) in [6.45, 7) is 4.61. The number of hydrogen-bond donors (Lipinski definition) is 1. The molecule has 0 aliphatic carbocycles. The predicted molar refractivity (Wildman–Crippen MR) is 69.1 cm³/mol. The van der Waals surface area contributed by atoms with Gasteiger partial charge < -0.3 is 14.7 Å². The molecular weight excluding hydrogens is 286 g/mol. The third kappa shape index (κ3) is 2.24. The van der Waals surface area contributed by atoms with Gasteiger partial charge in [-0.1, -0.05) is 15.9 Å². The highest BCUT2D eigenvalue weighted by Gasteiger charge is 2.33. The van der Waals surface area contributed by atoms with E-state index in [1.165, 1.54) is 0 Å². The topological polar surface area (TPSA) is 49.8 Å². The molecule has 0 saturated carbocycles. The standard InChI is InChI=1S/C12H14BrNO3/c1-12(2)6-14(3)9-5-7(13)4-8(11(15)16)10(9)17-12/h4-5H,6H2,1-3H3,(H,15,16). The Morgan fingerprint density at radius 2 is 2.18 bits per heavy atom. The van der Waals surface area contributed by atoms with Gasteiger partial charge in [0.15, 0.2) is 5.75 Å². The number of anilines is 1. The highest BCUT2D eigenvalue weighted by Crippen LogP contribution is 2.41. The number of carboxylic acid groups (broad SMARTS) is 1. The molecule has 0 radical (unpaired) electrons. The van der Waals surface area contributed by atoms with Crippen LogP contribution in [0.3, 0.4) is 0 Å². The van der Waals surface area contributed by atoms with Crippen LogP contribution < -0.4 is 9.64 Å². The summed E-state index contributed by atoms with van der Waals surface area (Å²) in [6.07, 6.45) is 0. The largest absolute Gasteiger partial charge is 0.483 e. The van der Waals surface area contributed by atoms with Gasteiger partial charge in [-0.2, -0.15) is 0 Å². The van der Waals surface area contributed by atoms with Crippen molar-refractivity contribution in [3.63, 3.8) is 0 Å². The summed E-state index contributed by atoms with van der Waals surface area (Å²) in [5, 5.41) is 9.20. The zero-order valence-electron chi connectivity index (χ0n) is 9.95. The third-order valence-corrected chi connectivity index (χ3v) is 3.13. The van der Waals surface area contributed by atoms with Gasteiger partial charge in [0.1, 0.15) is 11.2 Å². The van der Waals surface area contributed by atoms with Crippen LogP contribution in [0.25, 0.3) is 0 Å². The molecule has 1 aromatic carbocycles. The van der Waals surface area contributed by atoms with Crippen LogP contribution in [0, 0.1) is 0 Å². The van der Waals surface area contributed by atoms with Crippen LogP contribution in [-0.2, 0) is 0 Å². The van der Waals surface area contributed by atoms with E-state index in [0.717, 1.165) is 16.7 Å². The molecule has 0 saturated heterocycles. The van der Waals surface area contributed by atoms with Gasteiger partial charge in [-0.15, -0.1) is 0 Å². The minimum absolute atomic E-state index is 0.189. The first-order chi connectivity index (χ1) is 7.80. The normalized spacial score (nSPS) is 17.3. The van der Waals surface area contributed by atoms with E-state index in [1.807, 2.05) is 31.9 Å². The fourth-order valence-corrected chi connectivity index (χ4v) is 2.54. The zero-order valence-corrected chi connectivity index (χ0v) is 11.5. The molecule has 17 heavy (non-hydrogen) atoms. The number of carboxylic acids is 1. The molecule has 0 amide bonds. The molecule has 1 aliphatic rings. The number of ether oxygens (including phenoxy) is 1. The number of hydrogen-bond acceptors (Lipinski definition) is 3. The first kappa shape index (κ1) is 12.2. The summed E-state index contributed by atoms with van der Waals surface area (Å²) in [4.78, 5) is 13.2. The van der Waals surface area contributed by atoms with Crippen molar-refractivity contribution in [1.82, 2.24) is 0 Å². The number of carbonyl (C=O) groups is 1. The molecule has 2 rings (SSSR count). The molecule has 0 fully saturated rings. The Labute approximate surface area is 108 Å². The van der Waals surface area contributed by atoms with E-state index >= 15 is 0 Å². The van der Waals surface area contributed by atoms with Crippen molar-refractivity contribution in [2.24, 2.45) is 0 Å². The Morgan fingerprint density at radius 1 is 1.53 bits per heavy atom. The SMILES string of the molecule is CN1CC(C)(C)Oc2c(C(=O)O)cc(Br)cc21. The Balaban J connectivity index is 2.63. The summed E-state index contributed by atoms with van der Waals surface area (Å²) < 4.78 is 6.53. The molecular formula is C12H14BrNO3. The van der Waals surface area contributed by atoms with Crippen molar-refractivity contribution in [3.05, 3.63) is 22.2 Å². The molecule has 1 N–H and O–H groups in total. The van der Waals surface area contributed by atoms with Crippen molar-refractivity contribution < 1.29 is 14.6 Å². The second-order valence-electron chi connectivity index (χ2n) is 4.82. The average molecular weight is 300 g/mol. The number of rotatable bonds is 1. The van der Waals surface area contributed by atoms with Crippen LogP contribution in [0.5, 0.6) is 5.75 Å². The molecule has 5 heteroatoms. The number of nitrogens with zero attached hydrogens (tertiary/aromatic N) is 1. The molecule has 4 nitrogen and oxygen atoms in total. The van der Waals surface area contributed by atoms with E-state index in [-0.39, 0.29) is 11.2 Å². The Morgan fingerprint density at radius 3 is 2.76 bits per heavy atom. The molecule has 0 unspecified atom stereocenters. The molecule has 0 atom stereocenters. The van der Waals surface area contributed by atoms with Crippen LogP contribution >= 0.6 is 15.9 Å². The van der Waals surface area contributed by atoms with Crippen molar-refractivity contribution >= 4 is 27.6 Å². The summed E-state index contributed by atoms with van der Waals surface area (Å²) in [6, 6.07) is 3.44. The molecule has 0 aromatic heterocycles. The number of likely N-dealkylation sites (N-methyl/N-ethyl adjacent to an activating group) is 1. The van der Waals surface area contributed by atoms with E-state index in [2.05, 4.69) is 15.9 Å². The van der Waals surface area contributed by atoms with E-state index in [0.29, 0.717) is 5.75 Å². The van der Waals surface area contributed by atoms with Gasteiger partial charge in [0.2, 0.25) is 0 Å². The fraction of sp³-hybridized carbons (Fsp3) is 0.417. The van der Waals surface area contributed by atoms with Crippen LogP contribution in [-0.4, -0.2) is 30.3 Å². The monoisotopic (exact) mass is 299 g/mol. The highest BCUT2D eigenvalue weighted by molar-refractivity contribution is 9.10. The number of aromatic carboxylic acids is 1. The average Bonchev–Trinajstić information content (AvgIpc) is 2.17. The van der Waals surface area contributed by atoms with Crippen LogP contribution in [0.2, 0.25) is 0 Å². The van der Waals surface area contributed by atoms with Gasteiger partial charge in [0.25, 0.3) is 0 Å². The van der Waals surface area contributed by atoms with Gasteiger partial charge in [0, 0.05) is 11.5 Å². The van der Waals surface area contributed by atoms with Crippen LogP contribution in [0.1, 0.15) is 24.2 Å². The maximum atomic E-state index is 11.2. The quantitative estimate of drug-likeness (QED) is 0.866. The Kier molecular flexibility index (Phi) is 2.81. The minimum atomic E-state index is -0.978. The maximum Gasteiger partial charge on any atom is 0.339 e. The molecule has 0 bridgehead atoms. The minimum Gasteiger partial charge on any atom is -0.483 e. The van der Waals surface area contributed by atoms with Crippen molar-refractivity contribution in [2.75, 3.05) is 18.5 Å². The zero-order chi connectivity index (χ0) is 12.8. The van der Waals surface area contributed by atoms with Crippen molar-refractivity contribution in [2.45, 2.75) is 19.4 Å². The summed E-state index contributed by atoms with van der Waals surface area (Å²) >= 11 is 3.32. The van der Waals surface area contributed by atoms with Gasteiger partial charge in [-0.25, -0.2) is 4.79 Å². The maximum absolute atomic E-state index is 11.2. The lowest BCUT2D eigenvalue weighted by atomic mass is 10.0. The van der Waals surface area contributed by atoms with Gasteiger partial charge in [-0.05, 0) is 26.0 Å². The number of halogens is 1. The Hall–Kier alpha value is -1.23. The Bertz CT molecular complexity index is 485. The molecule has 1 heterocycles. The molecule has 1 aromatic rings. The molecule has 92 valence electrons. The molecule has 0 spiro atoms. The lowest BCUT2D eigenvalue weighted by molar-refractivity contribution is 0.0671. The first-order valence-corrected chi connectivity index (χ1v) is 6.06. The van der Waals surface area contributed by atoms with Gasteiger partial charge in [-0.3, -0.25) is 0 Å². The van der Waals surface area contributed by atoms with Crippen molar-refractivity contribution in [3.8, 4) is 5.75 Å². The van der Waals surface area contributed by atoms with Crippen LogP contribution in [0.4, 0.5) is 5.69 Å². The number of fused-ring (bicyclic) bond motifs is 1. The van der Waals surface area contributed by atoms with E-state index in [9.17, 15) is 9.90 Å². The number of benzene rings is 1. The van der Waals surface area contributed by atoms with E-state index in [1.54, 1.807) is 6.07 Å². The van der Waals surface area contributed by atoms with Gasteiger partial charge in [0.05, 0.1) is 12.2 Å².